The minimum atomic E-state index is -0.461. The van der Waals surface area contributed by atoms with E-state index in [0.29, 0.717) is 21.4 Å². The van der Waals surface area contributed by atoms with Crippen LogP contribution in [-0.2, 0) is 12.8 Å². The Labute approximate surface area is 172 Å². The second kappa shape index (κ2) is 7.69. The molecular formula is C19H23N3O2S3. The quantitative estimate of drug-likeness (QED) is 0.649. The largest absolute Gasteiger partial charge is 0.365 e. The molecule has 27 heavy (non-hydrogen) atoms. The van der Waals surface area contributed by atoms with E-state index >= 15 is 0 Å². The summed E-state index contributed by atoms with van der Waals surface area (Å²) in [5.41, 5.74) is 7.41. The highest BCUT2D eigenvalue weighted by atomic mass is 32.1. The summed E-state index contributed by atoms with van der Waals surface area (Å²) >= 11 is 8.13. The number of thiophene rings is 2. The monoisotopic (exact) mass is 421 g/mol. The maximum Gasteiger partial charge on any atom is 0.267 e. The molecule has 3 rings (SSSR count). The average Bonchev–Trinajstić information content (AvgIpc) is 3.20. The van der Waals surface area contributed by atoms with Gasteiger partial charge in [0.2, 0.25) is 0 Å². The highest BCUT2D eigenvalue weighted by Gasteiger charge is 2.33. The molecule has 2 heterocycles. The van der Waals surface area contributed by atoms with Gasteiger partial charge in [-0.25, -0.2) is 0 Å². The van der Waals surface area contributed by atoms with Crippen molar-refractivity contribution in [1.82, 2.24) is 5.32 Å². The predicted molar refractivity (Wildman–Crippen MR) is 116 cm³/mol. The summed E-state index contributed by atoms with van der Waals surface area (Å²) in [4.78, 5) is 26.0. The van der Waals surface area contributed by atoms with E-state index in [9.17, 15) is 9.59 Å². The smallest absolute Gasteiger partial charge is 0.267 e. The first kappa shape index (κ1) is 20.0. The first-order valence-corrected chi connectivity index (χ1v) is 10.9. The molecule has 0 aromatic carbocycles. The maximum absolute atomic E-state index is 12.2. The molecule has 2 aromatic heterocycles. The molecule has 1 atom stereocenters. The average molecular weight is 422 g/mol. The molecule has 4 N–H and O–H groups in total. The van der Waals surface area contributed by atoms with E-state index in [4.69, 9.17) is 18.0 Å². The number of fused-ring (bicyclic) bond motifs is 1. The van der Waals surface area contributed by atoms with Crippen molar-refractivity contribution in [2.24, 2.45) is 17.1 Å². The molecule has 0 fully saturated rings. The predicted octanol–water partition coefficient (Wildman–Crippen LogP) is 4.19. The van der Waals surface area contributed by atoms with Gasteiger partial charge < -0.3 is 11.1 Å². The lowest BCUT2D eigenvalue weighted by molar-refractivity contribution is 0.0979. The van der Waals surface area contributed by atoms with E-state index in [0.717, 1.165) is 24.8 Å². The number of primary amides is 1. The number of nitrogens with one attached hydrogen (secondary N) is 2. The Morgan fingerprint density at radius 3 is 2.67 bits per heavy atom. The Kier molecular flexibility index (Phi) is 5.69. The fourth-order valence-electron chi connectivity index (χ4n) is 3.38. The number of hydrogen-bond donors (Lipinski definition) is 3. The Balaban J connectivity index is 1.79. The van der Waals surface area contributed by atoms with Crippen LogP contribution in [0, 0.1) is 11.3 Å². The molecule has 0 saturated carbocycles. The first-order chi connectivity index (χ1) is 12.7. The molecule has 0 bridgehead atoms. The van der Waals surface area contributed by atoms with Gasteiger partial charge in [0.05, 0.1) is 10.4 Å². The number of thiocarbonyl (C=S) groups is 1. The van der Waals surface area contributed by atoms with Crippen molar-refractivity contribution in [2.45, 2.75) is 40.0 Å². The Bertz CT molecular complexity index is 879. The summed E-state index contributed by atoms with van der Waals surface area (Å²) in [7, 11) is 0. The van der Waals surface area contributed by atoms with Gasteiger partial charge in [0.25, 0.3) is 11.8 Å². The van der Waals surface area contributed by atoms with Crippen LogP contribution in [0.15, 0.2) is 17.5 Å². The third-order valence-electron chi connectivity index (χ3n) is 4.94. The van der Waals surface area contributed by atoms with Gasteiger partial charge in [-0.2, -0.15) is 0 Å². The SMILES string of the molecule is CC(C)(C)C1CCc2c(sc(NC(=S)NC(=O)c3cccs3)c2C(N)=O)C1. The minimum absolute atomic E-state index is 0.168. The van der Waals surface area contributed by atoms with Gasteiger partial charge in [-0.15, -0.1) is 22.7 Å². The van der Waals surface area contributed by atoms with Crippen LogP contribution in [0.25, 0.3) is 0 Å². The summed E-state index contributed by atoms with van der Waals surface area (Å²) in [5.74, 6) is -0.170. The zero-order valence-corrected chi connectivity index (χ0v) is 18.0. The lowest BCUT2D eigenvalue weighted by Crippen LogP contribution is -2.34. The highest BCUT2D eigenvalue weighted by Crippen LogP contribution is 2.44. The molecule has 1 unspecified atom stereocenters. The third-order valence-corrected chi connectivity index (χ3v) is 7.18. The van der Waals surface area contributed by atoms with E-state index < -0.39 is 5.91 Å². The van der Waals surface area contributed by atoms with Crippen molar-refractivity contribution < 1.29 is 9.59 Å². The van der Waals surface area contributed by atoms with E-state index in [-0.39, 0.29) is 16.4 Å². The highest BCUT2D eigenvalue weighted by molar-refractivity contribution is 7.80. The number of amides is 2. The lowest BCUT2D eigenvalue weighted by Gasteiger charge is -2.33. The number of hydrogen-bond acceptors (Lipinski definition) is 5. The van der Waals surface area contributed by atoms with Crippen molar-refractivity contribution in [3.63, 3.8) is 0 Å². The van der Waals surface area contributed by atoms with Crippen LogP contribution < -0.4 is 16.4 Å². The van der Waals surface area contributed by atoms with Gasteiger partial charge in [-0.1, -0.05) is 26.8 Å². The fraction of sp³-hybridized carbons (Fsp3) is 0.421. The van der Waals surface area contributed by atoms with Crippen LogP contribution in [0.3, 0.4) is 0 Å². The summed E-state index contributed by atoms with van der Waals surface area (Å²) < 4.78 is 0. The molecule has 0 saturated heterocycles. The molecule has 2 amide bonds. The van der Waals surface area contributed by atoms with Crippen LogP contribution in [0.5, 0.6) is 0 Å². The van der Waals surface area contributed by atoms with Crippen molar-refractivity contribution in [2.75, 3.05) is 5.32 Å². The van der Waals surface area contributed by atoms with Crippen molar-refractivity contribution >= 4 is 56.8 Å². The second-order valence-corrected chi connectivity index (χ2v) is 10.2. The van der Waals surface area contributed by atoms with Gasteiger partial charge in [0.1, 0.15) is 5.00 Å². The summed E-state index contributed by atoms with van der Waals surface area (Å²) in [6, 6.07) is 3.54. The fourth-order valence-corrected chi connectivity index (χ4v) is 5.60. The Morgan fingerprint density at radius 2 is 2.07 bits per heavy atom. The van der Waals surface area contributed by atoms with Crippen molar-refractivity contribution in [1.29, 1.82) is 0 Å². The Hall–Kier alpha value is -1.77. The zero-order valence-electron chi connectivity index (χ0n) is 15.5. The molecule has 0 aliphatic heterocycles. The topological polar surface area (TPSA) is 84.2 Å². The lowest BCUT2D eigenvalue weighted by atomic mass is 9.72. The molecule has 1 aliphatic rings. The summed E-state index contributed by atoms with van der Waals surface area (Å²) in [6.45, 7) is 6.75. The van der Waals surface area contributed by atoms with Gasteiger partial charge in [-0.05, 0) is 59.8 Å². The van der Waals surface area contributed by atoms with Gasteiger partial charge in [0, 0.05) is 4.88 Å². The molecule has 8 heteroatoms. The molecule has 5 nitrogen and oxygen atoms in total. The second-order valence-electron chi connectivity index (χ2n) is 7.76. The summed E-state index contributed by atoms with van der Waals surface area (Å²) in [5, 5.41) is 8.30. The van der Waals surface area contributed by atoms with Crippen LogP contribution >= 0.6 is 34.9 Å². The Morgan fingerprint density at radius 1 is 1.33 bits per heavy atom. The first-order valence-electron chi connectivity index (χ1n) is 8.77. The standard InChI is InChI=1S/C19H23N3O2S3/c1-19(2,3)10-6-7-11-13(9-10)27-17(14(11)15(20)23)22-18(25)21-16(24)12-5-4-8-26-12/h4-5,8,10H,6-7,9H2,1-3H3,(H2,20,23)(H2,21,22,24,25). The molecule has 2 aromatic rings. The van der Waals surface area contributed by atoms with E-state index in [1.165, 1.54) is 27.6 Å². The number of anilines is 1. The minimum Gasteiger partial charge on any atom is -0.365 e. The number of nitrogens with two attached hydrogens (primary N) is 1. The summed E-state index contributed by atoms with van der Waals surface area (Å²) in [6.07, 6.45) is 2.80. The van der Waals surface area contributed by atoms with Crippen LogP contribution in [-0.4, -0.2) is 16.9 Å². The van der Waals surface area contributed by atoms with Crippen molar-refractivity contribution in [3.8, 4) is 0 Å². The van der Waals surface area contributed by atoms with Crippen molar-refractivity contribution in [3.05, 3.63) is 38.4 Å². The van der Waals surface area contributed by atoms with E-state index in [2.05, 4.69) is 31.4 Å². The number of carbonyl (C=O) groups is 2. The van der Waals surface area contributed by atoms with E-state index in [1.54, 1.807) is 12.1 Å². The third kappa shape index (κ3) is 4.39. The molecule has 0 spiro atoms. The van der Waals surface area contributed by atoms with Crippen LogP contribution in [0.4, 0.5) is 5.00 Å². The maximum atomic E-state index is 12.2. The van der Waals surface area contributed by atoms with Gasteiger partial charge >= 0.3 is 0 Å². The van der Waals surface area contributed by atoms with E-state index in [1.807, 2.05) is 5.38 Å². The number of rotatable bonds is 3. The molecular weight excluding hydrogens is 398 g/mol. The van der Waals surface area contributed by atoms with Gasteiger partial charge in [-0.3, -0.25) is 14.9 Å². The molecule has 0 radical (unpaired) electrons. The van der Waals surface area contributed by atoms with Gasteiger partial charge in [0.15, 0.2) is 5.11 Å². The van der Waals surface area contributed by atoms with Crippen LogP contribution in [0.1, 0.15) is 57.7 Å². The number of carbonyl (C=O) groups excluding carboxylic acids is 2. The normalized spacial score (nSPS) is 16.5. The zero-order chi connectivity index (χ0) is 19.8. The molecule has 1 aliphatic carbocycles. The van der Waals surface area contributed by atoms with Crippen LogP contribution in [0.2, 0.25) is 0 Å². The molecule has 144 valence electrons.